The maximum absolute atomic E-state index is 13.5. The number of carbonyl (C=O) groups is 1. The van der Waals surface area contributed by atoms with Crippen LogP contribution in [0.1, 0.15) is 348 Å². The van der Waals surface area contributed by atoms with Gasteiger partial charge in [0, 0.05) is 6.42 Å². The molecule has 17 atom stereocenters. The van der Waals surface area contributed by atoms with Gasteiger partial charge in [0.2, 0.25) is 5.91 Å². The van der Waals surface area contributed by atoms with Crippen molar-refractivity contribution in [3.63, 3.8) is 0 Å². The molecule has 103 heavy (non-hydrogen) atoms. The summed E-state index contributed by atoms with van der Waals surface area (Å²) < 4.78 is 34.6. The highest BCUT2D eigenvalue weighted by Gasteiger charge is 2.54. The van der Waals surface area contributed by atoms with Crippen molar-refractivity contribution >= 4 is 5.91 Å². The number of aliphatic hydroxyl groups is 11. The van der Waals surface area contributed by atoms with Crippen LogP contribution < -0.4 is 5.32 Å². The summed E-state index contributed by atoms with van der Waals surface area (Å²) in [5.74, 6) is -0.238. The molecule has 604 valence electrons. The van der Waals surface area contributed by atoms with E-state index in [9.17, 15) is 61.0 Å². The first-order chi connectivity index (χ1) is 50.3. The molecule has 1 amide bonds. The van der Waals surface area contributed by atoms with E-state index in [2.05, 4.69) is 67.8 Å². The third-order valence-corrected chi connectivity index (χ3v) is 21.2. The minimum Gasteiger partial charge on any atom is -0.394 e. The number of rotatable bonds is 68. The van der Waals surface area contributed by atoms with Crippen LogP contribution in [-0.4, -0.2) is 193 Å². The van der Waals surface area contributed by atoms with Gasteiger partial charge in [0.05, 0.1) is 38.6 Å². The molecule has 19 nitrogen and oxygen atoms in total. The Bertz CT molecular complexity index is 2050. The van der Waals surface area contributed by atoms with E-state index < -0.39 is 124 Å². The summed E-state index contributed by atoms with van der Waals surface area (Å²) in [6.45, 7) is 1.74. The van der Waals surface area contributed by atoms with Crippen LogP contribution in [0.3, 0.4) is 0 Å². The summed E-state index contributed by atoms with van der Waals surface area (Å²) in [4.78, 5) is 13.5. The van der Waals surface area contributed by atoms with Gasteiger partial charge in [-0.1, -0.05) is 339 Å². The van der Waals surface area contributed by atoms with Gasteiger partial charge < -0.3 is 89.9 Å². The third-order valence-electron chi connectivity index (χ3n) is 21.2. The minimum absolute atomic E-state index is 0.238. The molecular formula is C84H155NO18. The molecule has 0 aliphatic carbocycles. The number of ether oxygens (including phenoxy) is 6. The molecule has 0 aromatic heterocycles. The smallest absolute Gasteiger partial charge is 0.220 e. The van der Waals surface area contributed by atoms with Gasteiger partial charge in [-0.2, -0.15) is 0 Å². The van der Waals surface area contributed by atoms with Gasteiger partial charge in [0.15, 0.2) is 18.9 Å². The first-order valence-electron chi connectivity index (χ1n) is 42.4. The van der Waals surface area contributed by atoms with Crippen LogP contribution in [0.2, 0.25) is 0 Å². The molecule has 0 radical (unpaired) electrons. The molecule has 3 heterocycles. The van der Waals surface area contributed by atoms with Crippen molar-refractivity contribution < 1.29 is 89.4 Å². The van der Waals surface area contributed by atoms with E-state index in [4.69, 9.17) is 28.4 Å². The molecule has 12 N–H and O–H groups in total. The molecule has 3 rings (SSSR count). The lowest BCUT2D eigenvalue weighted by Gasteiger charge is -2.48. The van der Waals surface area contributed by atoms with E-state index in [0.29, 0.717) is 12.8 Å². The normalized spacial score (nSPS) is 26.2. The molecule has 0 aromatic carbocycles. The average Bonchev–Trinajstić information content (AvgIpc) is 0.781. The van der Waals surface area contributed by atoms with Gasteiger partial charge in [-0.05, 0) is 51.4 Å². The van der Waals surface area contributed by atoms with E-state index in [1.165, 1.54) is 244 Å². The number of aliphatic hydroxyl groups excluding tert-OH is 11. The van der Waals surface area contributed by atoms with Crippen molar-refractivity contribution in [1.29, 1.82) is 0 Å². The van der Waals surface area contributed by atoms with E-state index >= 15 is 0 Å². The van der Waals surface area contributed by atoms with Crippen molar-refractivity contribution in [3.05, 3.63) is 48.6 Å². The molecule has 0 saturated carbocycles. The second-order valence-corrected chi connectivity index (χ2v) is 30.3. The highest BCUT2D eigenvalue weighted by atomic mass is 16.8. The van der Waals surface area contributed by atoms with E-state index in [-0.39, 0.29) is 18.9 Å². The highest BCUT2D eigenvalue weighted by Crippen LogP contribution is 2.33. The third kappa shape index (κ3) is 44.3. The molecule has 0 aromatic rings. The van der Waals surface area contributed by atoms with E-state index in [0.717, 1.165) is 70.6 Å². The number of allylic oxidation sites excluding steroid dienone is 8. The minimum atomic E-state index is -1.97. The van der Waals surface area contributed by atoms with Crippen LogP contribution >= 0.6 is 0 Å². The fourth-order valence-electron chi connectivity index (χ4n) is 14.4. The summed E-state index contributed by atoms with van der Waals surface area (Å²) >= 11 is 0. The molecule has 3 fully saturated rings. The maximum atomic E-state index is 13.5. The number of carbonyl (C=O) groups excluding carboxylic acids is 1. The SMILES string of the molecule is CC/C=C\C/C=C\C/C=C\C/C=C\CCCCCCCCCCCCCCCCCCC(=O)NC(COC1OC(CO)C(OC2OC(CO)C(OC3OC(CO)C(O)C(O)C3O)C(O)C2O)C(O)C1O)C(O)CCCCCCCCCCCCCCCCCCCCCCCCCCCCCCC. The number of unbranched alkanes of at least 4 members (excludes halogenated alkanes) is 44. The molecule has 3 aliphatic heterocycles. The van der Waals surface area contributed by atoms with Gasteiger partial charge in [0.25, 0.3) is 0 Å². The Morgan fingerprint density at radius 3 is 1.05 bits per heavy atom. The second-order valence-electron chi connectivity index (χ2n) is 30.3. The Balaban J connectivity index is 1.35. The summed E-state index contributed by atoms with van der Waals surface area (Å²) in [5, 5.41) is 121. The van der Waals surface area contributed by atoms with Crippen molar-refractivity contribution in [1.82, 2.24) is 5.32 Å². The van der Waals surface area contributed by atoms with Gasteiger partial charge in [-0.25, -0.2) is 0 Å². The topological polar surface area (TPSA) is 307 Å². The molecular weight excluding hydrogens is 1310 g/mol. The van der Waals surface area contributed by atoms with Crippen LogP contribution in [0.4, 0.5) is 0 Å². The second kappa shape index (κ2) is 64.6. The average molecular weight is 1470 g/mol. The van der Waals surface area contributed by atoms with Crippen LogP contribution in [0.25, 0.3) is 0 Å². The van der Waals surface area contributed by atoms with Crippen molar-refractivity contribution in [2.45, 2.75) is 452 Å². The lowest BCUT2D eigenvalue weighted by molar-refractivity contribution is -0.379. The lowest BCUT2D eigenvalue weighted by Crippen LogP contribution is -2.66. The zero-order valence-electron chi connectivity index (χ0n) is 64.8. The zero-order valence-corrected chi connectivity index (χ0v) is 64.8. The monoisotopic (exact) mass is 1470 g/mol. The van der Waals surface area contributed by atoms with Crippen LogP contribution in [0.15, 0.2) is 48.6 Å². The number of amides is 1. The van der Waals surface area contributed by atoms with Crippen molar-refractivity contribution in [2.75, 3.05) is 26.4 Å². The summed E-state index contributed by atoms with van der Waals surface area (Å²) in [5.41, 5.74) is 0. The van der Waals surface area contributed by atoms with Crippen LogP contribution in [0, 0.1) is 0 Å². The fourth-order valence-corrected chi connectivity index (χ4v) is 14.4. The Morgan fingerprint density at radius 2 is 0.670 bits per heavy atom. The van der Waals surface area contributed by atoms with Gasteiger partial charge in [-0.15, -0.1) is 0 Å². The predicted molar refractivity (Wildman–Crippen MR) is 411 cm³/mol. The van der Waals surface area contributed by atoms with Crippen molar-refractivity contribution in [2.24, 2.45) is 0 Å². The maximum Gasteiger partial charge on any atom is 0.220 e. The van der Waals surface area contributed by atoms with E-state index in [1.807, 2.05) is 0 Å². The van der Waals surface area contributed by atoms with E-state index in [1.54, 1.807) is 0 Å². The summed E-state index contributed by atoms with van der Waals surface area (Å²) in [6, 6.07) is -0.890. The fraction of sp³-hybridized carbons (Fsp3) is 0.893. The lowest BCUT2D eigenvalue weighted by atomic mass is 9.96. The standard InChI is InChI=1S/C84H155NO18/c1-3-5-7-9-11-13-15-17-19-21-23-25-27-29-31-33-35-37-39-41-43-45-47-49-51-53-55-57-59-61-68(89)67(85-72(90)62-60-58-56-54-52-50-48-46-44-42-40-38-36-34-32-30-28-26-24-22-20-18-16-14-12-10-8-6-4-2)66-98-82-78(96)75(93)80(70(64-87)100-82)103-84-79(97)76(94)81(71(65-88)101-84)102-83-77(95)74(92)73(91)69(63-86)99-83/h6,8,12,14,18,20,24,26,67-71,73-84,86-89,91-97H,3-5,7,9-11,13,15-17,19,21-23,25,27-66H2,1-2H3,(H,85,90)/b8-6-,14-12-,20-18-,26-24-. The summed E-state index contributed by atoms with van der Waals surface area (Å²) in [6.07, 6.45) is 54.9. The molecule has 3 saturated heterocycles. The number of hydrogen-bond donors (Lipinski definition) is 12. The Morgan fingerprint density at radius 1 is 0.359 bits per heavy atom. The van der Waals surface area contributed by atoms with Gasteiger partial charge in [-0.3, -0.25) is 4.79 Å². The first kappa shape index (κ1) is 95.0. The van der Waals surface area contributed by atoms with Crippen LogP contribution in [0.5, 0.6) is 0 Å². The number of nitrogens with one attached hydrogen (secondary N) is 1. The Hall–Kier alpha value is -2.25. The van der Waals surface area contributed by atoms with Crippen LogP contribution in [-0.2, 0) is 33.2 Å². The molecule has 19 heteroatoms. The molecule has 3 aliphatic rings. The molecule has 0 spiro atoms. The number of hydrogen-bond acceptors (Lipinski definition) is 18. The van der Waals surface area contributed by atoms with Gasteiger partial charge >= 0.3 is 0 Å². The Kier molecular flexibility index (Phi) is 59.5. The Labute approximate surface area is 624 Å². The zero-order chi connectivity index (χ0) is 74.6. The molecule has 17 unspecified atom stereocenters. The first-order valence-corrected chi connectivity index (χ1v) is 42.4. The summed E-state index contributed by atoms with van der Waals surface area (Å²) in [7, 11) is 0. The largest absolute Gasteiger partial charge is 0.394 e. The highest BCUT2D eigenvalue weighted by molar-refractivity contribution is 5.76. The van der Waals surface area contributed by atoms with Gasteiger partial charge in [0.1, 0.15) is 73.2 Å². The predicted octanol–water partition coefficient (Wildman–Crippen LogP) is 14.8. The van der Waals surface area contributed by atoms with Crippen molar-refractivity contribution in [3.8, 4) is 0 Å². The molecule has 0 bridgehead atoms. The quantitative estimate of drug-likeness (QED) is 0.0199.